The van der Waals surface area contributed by atoms with Crippen LogP contribution < -0.4 is 10.2 Å². The molecule has 7 heteroatoms. The number of piperidine rings is 1. The van der Waals surface area contributed by atoms with Gasteiger partial charge in [0.25, 0.3) is 0 Å². The number of amides is 1. The molecule has 0 unspecified atom stereocenters. The van der Waals surface area contributed by atoms with Crippen LogP contribution in [0.5, 0.6) is 0 Å². The molecule has 2 N–H and O–H groups in total. The van der Waals surface area contributed by atoms with Crippen LogP contribution in [0.15, 0.2) is 42.9 Å². The van der Waals surface area contributed by atoms with Crippen molar-refractivity contribution in [2.24, 2.45) is 5.92 Å². The molecule has 1 aromatic heterocycles. The van der Waals surface area contributed by atoms with Gasteiger partial charge in [0.2, 0.25) is 5.91 Å². The fourth-order valence-electron chi connectivity index (χ4n) is 3.13. The summed E-state index contributed by atoms with van der Waals surface area (Å²) in [5.41, 5.74) is 1.62. The number of carboxylic acid groups (broad SMARTS) is 1. The SMILES string of the molecule is O=C(O)CCc1cccc(NC(=O)C2CCN(c3cnccn3)CC2)c1. The predicted octanol–water partition coefficient (Wildman–Crippen LogP) is 2.35. The number of carbonyl (C=O) groups excluding carboxylic acids is 1. The summed E-state index contributed by atoms with van der Waals surface area (Å²) in [4.78, 5) is 33.8. The average molecular weight is 354 g/mol. The number of aryl methyl sites for hydroxylation is 1. The highest BCUT2D eigenvalue weighted by Crippen LogP contribution is 2.23. The van der Waals surface area contributed by atoms with E-state index < -0.39 is 5.97 Å². The van der Waals surface area contributed by atoms with Crippen molar-refractivity contribution in [3.05, 3.63) is 48.4 Å². The number of benzene rings is 1. The molecule has 136 valence electrons. The highest BCUT2D eigenvalue weighted by atomic mass is 16.4. The van der Waals surface area contributed by atoms with Crippen molar-refractivity contribution in [3.63, 3.8) is 0 Å². The molecule has 0 bridgehead atoms. The first kappa shape index (κ1) is 17.8. The van der Waals surface area contributed by atoms with Gasteiger partial charge in [0.15, 0.2) is 0 Å². The lowest BCUT2D eigenvalue weighted by molar-refractivity contribution is -0.137. The second-order valence-corrected chi connectivity index (χ2v) is 6.41. The Labute approximate surface area is 152 Å². The minimum absolute atomic E-state index is 0.0131. The Hall–Kier alpha value is -2.96. The van der Waals surface area contributed by atoms with E-state index in [1.54, 1.807) is 18.6 Å². The van der Waals surface area contributed by atoms with Gasteiger partial charge in [-0.05, 0) is 37.0 Å². The van der Waals surface area contributed by atoms with Crippen molar-refractivity contribution in [2.75, 3.05) is 23.3 Å². The van der Waals surface area contributed by atoms with E-state index in [4.69, 9.17) is 5.11 Å². The number of nitrogens with zero attached hydrogens (tertiary/aromatic N) is 3. The molecule has 1 aromatic carbocycles. The molecule has 0 atom stereocenters. The molecule has 26 heavy (non-hydrogen) atoms. The lowest BCUT2D eigenvalue weighted by Crippen LogP contribution is -2.38. The Bertz CT molecular complexity index is 758. The average Bonchev–Trinajstić information content (AvgIpc) is 2.67. The van der Waals surface area contributed by atoms with Crippen LogP contribution in [-0.4, -0.2) is 40.0 Å². The van der Waals surface area contributed by atoms with E-state index in [1.165, 1.54) is 0 Å². The number of carboxylic acids is 1. The zero-order valence-corrected chi connectivity index (χ0v) is 14.5. The molecule has 0 saturated carbocycles. The van der Waals surface area contributed by atoms with E-state index in [-0.39, 0.29) is 18.2 Å². The molecular weight excluding hydrogens is 332 g/mol. The number of nitrogens with one attached hydrogen (secondary N) is 1. The van der Waals surface area contributed by atoms with E-state index in [1.807, 2.05) is 24.3 Å². The van der Waals surface area contributed by atoms with Gasteiger partial charge in [-0.3, -0.25) is 14.6 Å². The maximum atomic E-state index is 12.5. The van der Waals surface area contributed by atoms with Gasteiger partial charge in [-0.25, -0.2) is 4.98 Å². The Morgan fingerprint density at radius 3 is 2.73 bits per heavy atom. The first-order valence-corrected chi connectivity index (χ1v) is 8.74. The summed E-state index contributed by atoms with van der Waals surface area (Å²) in [6, 6.07) is 7.38. The fourth-order valence-corrected chi connectivity index (χ4v) is 3.13. The van der Waals surface area contributed by atoms with Crippen molar-refractivity contribution in [1.82, 2.24) is 9.97 Å². The fraction of sp³-hybridized carbons (Fsp3) is 0.368. The van der Waals surface area contributed by atoms with Crippen molar-refractivity contribution in [3.8, 4) is 0 Å². The Balaban J connectivity index is 1.53. The van der Waals surface area contributed by atoms with Crippen LogP contribution in [-0.2, 0) is 16.0 Å². The van der Waals surface area contributed by atoms with Crippen LogP contribution in [0.25, 0.3) is 0 Å². The van der Waals surface area contributed by atoms with Gasteiger partial charge in [-0.15, -0.1) is 0 Å². The first-order chi connectivity index (χ1) is 12.6. The molecule has 1 amide bonds. The third-order valence-corrected chi connectivity index (χ3v) is 4.56. The maximum absolute atomic E-state index is 12.5. The Morgan fingerprint density at radius 2 is 2.04 bits per heavy atom. The summed E-state index contributed by atoms with van der Waals surface area (Å²) in [5.74, 6) is -0.00317. The summed E-state index contributed by atoms with van der Waals surface area (Å²) in [6.45, 7) is 1.55. The number of hydrogen-bond acceptors (Lipinski definition) is 5. The van der Waals surface area contributed by atoms with Crippen LogP contribution in [0.4, 0.5) is 11.5 Å². The molecular formula is C19H22N4O3. The number of anilines is 2. The molecule has 1 aliphatic heterocycles. The van der Waals surface area contributed by atoms with Crippen LogP contribution in [0.1, 0.15) is 24.8 Å². The lowest BCUT2D eigenvalue weighted by atomic mass is 9.95. The molecule has 0 aliphatic carbocycles. The summed E-state index contributed by atoms with van der Waals surface area (Å²) in [5, 5.41) is 11.7. The molecule has 3 rings (SSSR count). The van der Waals surface area contributed by atoms with E-state index in [0.717, 1.165) is 37.3 Å². The van der Waals surface area contributed by atoms with Gasteiger partial charge < -0.3 is 15.3 Å². The standard InChI is InChI=1S/C19H22N4O3/c24-18(25)5-4-14-2-1-3-16(12-14)22-19(26)15-6-10-23(11-7-15)17-13-20-8-9-21-17/h1-3,8-9,12-13,15H,4-7,10-11H2,(H,22,26)(H,24,25). The van der Waals surface area contributed by atoms with Crippen molar-refractivity contribution >= 4 is 23.4 Å². The minimum Gasteiger partial charge on any atom is -0.481 e. The van der Waals surface area contributed by atoms with Gasteiger partial charge in [0, 0.05) is 43.5 Å². The molecule has 1 fully saturated rings. The lowest BCUT2D eigenvalue weighted by Gasteiger charge is -2.31. The quantitative estimate of drug-likeness (QED) is 0.827. The Kier molecular flexibility index (Phi) is 5.78. The van der Waals surface area contributed by atoms with E-state index >= 15 is 0 Å². The molecule has 1 aliphatic rings. The molecule has 0 spiro atoms. The van der Waals surface area contributed by atoms with Crippen molar-refractivity contribution in [1.29, 1.82) is 0 Å². The van der Waals surface area contributed by atoms with Crippen LogP contribution in [0.2, 0.25) is 0 Å². The number of hydrogen-bond donors (Lipinski definition) is 2. The zero-order valence-electron chi connectivity index (χ0n) is 14.5. The zero-order chi connectivity index (χ0) is 18.4. The monoisotopic (exact) mass is 354 g/mol. The second-order valence-electron chi connectivity index (χ2n) is 6.41. The first-order valence-electron chi connectivity index (χ1n) is 8.74. The summed E-state index contributed by atoms with van der Waals surface area (Å²) >= 11 is 0. The third kappa shape index (κ3) is 4.78. The predicted molar refractivity (Wildman–Crippen MR) is 98.0 cm³/mol. The van der Waals surface area contributed by atoms with E-state index in [9.17, 15) is 9.59 Å². The second kappa shape index (κ2) is 8.42. The molecule has 2 heterocycles. The smallest absolute Gasteiger partial charge is 0.303 e. The van der Waals surface area contributed by atoms with Gasteiger partial charge in [-0.1, -0.05) is 12.1 Å². The van der Waals surface area contributed by atoms with Gasteiger partial charge in [0.1, 0.15) is 5.82 Å². The van der Waals surface area contributed by atoms with Crippen molar-refractivity contribution < 1.29 is 14.7 Å². The van der Waals surface area contributed by atoms with Gasteiger partial charge in [-0.2, -0.15) is 0 Å². The van der Waals surface area contributed by atoms with E-state index in [2.05, 4.69) is 20.2 Å². The normalized spacial score (nSPS) is 14.8. The van der Waals surface area contributed by atoms with Gasteiger partial charge in [0.05, 0.1) is 6.20 Å². The number of carbonyl (C=O) groups is 2. The third-order valence-electron chi connectivity index (χ3n) is 4.56. The van der Waals surface area contributed by atoms with Crippen molar-refractivity contribution in [2.45, 2.75) is 25.7 Å². The maximum Gasteiger partial charge on any atom is 0.303 e. The number of aliphatic carboxylic acids is 1. The Morgan fingerprint density at radius 1 is 1.23 bits per heavy atom. The summed E-state index contributed by atoms with van der Waals surface area (Å²) < 4.78 is 0. The number of rotatable bonds is 6. The van der Waals surface area contributed by atoms with Gasteiger partial charge >= 0.3 is 5.97 Å². The highest BCUT2D eigenvalue weighted by Gasteiger charge is 2.25. The van der Waals surface area contributed by atoms with E-state index in [0.29, 0.717) is 12.1 Å². The topological polar surface area (TPSA) is 95.4 Å². The van der Waals surface area contributed by atoms with Crippen LogP contribution >= 0.6 is 0 Å². The molecule has 0 radical (unpaired) electrons. The van der Waals surface area contributed by atoms with Crippen LogP contribution in [0, 0.1) is 5.92 Å². The summed E-state index contributed by atoms with van der Waals surface area (Å²) in [6.07, 6.45) is 7.12. The molecule has 2 aromatic rings. The number of aromatic nitrogens is 2. The largest absolute Gasteiger partial charge is 0.481 e. The highest BCUT2D eigenvalue weighted by molar-refractivity contribution is 5.92. The molecule has 1 saturated heterocycles. The van der Waals surface area contributed by atoms with Crippen LogP contribution in [0.3, 0.4) is 0 Å². The minimum atomic E-state index is -0.825. The summed E-state index contributed by atoms with van der Waals surface area (Å²) in [7, 11) is 0. The molecule has 7 nitrogen and oxygen atoms in total.